The van der Waals surface area contributed by atoms with E-state index in [0.29, 0.717) is 48.1 Å². The molecule has 1 aliphatic carbocycles. The number of H-pyrrole nitrogens is 1. The van der Waals surface area contributed by atoms with Gasteiger partial charge in [0.25, 0.3) is 5.91 Å². The summed E-state index contributed by atoms with van der Waals surface area (Å²) in [6.45, 7) is 1.19. The minimum absolute atomic E-state index is 0.0751. The number of halogens is 1. The minimum atomic E-state index is -0.844. The van der Waals surface area contributed by atoms with E-state index in [1.165, 1.54) is 11.3 Å². The first-order valence-corrected chi connectivity index (χ1v) is 10.9. The number of ether oxygens (including phenoxy) is 1. The quantitative estimate of drug-likeness (QED) is 0.613. The molecule has 29 heavy (non-hydrogen) atoms. The molecule has 0 aromatic carbocycles. The molecule has 8 nitrogen and oxygen atoms in total. The van der Waals surface area contributed by atoms with Gasteiger partial charge in [-0.2, -0.15) is 5.10 Å². The van der Waals surface area contributed by atoms with Crippen molar-refractivity contribution in [3.8, 4) is 5.75 Å². The number of fused-ring (bicyclic) bond motifs is 1. The summed E-state index contributed by atoms with van der Waals surface area (Å²) in [6, 6.07) is 1.74. The van der Waals surface area contributed by atoms with Crippen LogP contribution in [0.5, 0.6) is 5.75 Å². The highest BCUT2D eigenvalue weighted by Gasteiger charge is 2.36. The molecule has 0 saturated heterocycles. The fourth-order valence-electron chi connectivity index (χ4n) is 3.63. The Morgan fingerprint density at radius 1 is 1.45 bits per heavy atom. The van der Waals surface area contributed by atoms with Crippen LogP contribution in [-0.4, -0.2) is 50.8 Å². The summed E-state index contributed by atoms with van der Waals surface area (Å²) in [4.78, 5) is 26.4. The molecule has 2 aromatic heterocycles. The number of hydrogen-bond donors (Lipinski definition) is 3. The maximum Gasteiger partial charge on any atom is 0.260 e. The number of nitrogens with one attached hydrogen (secondary N) is 2. The van der Waals surface area contributed by atoms with Crippen LogP contribution in [0.1, 0.15) is 42.6 Å². The number of aliphatic hydroxyl groups is 1. The molecule has 3 N–H and O–H groups in total. The molecule has 3 heterocycles. The SMILES string of the molecule is O=C(CC1(O)CCC1)NCc1n[nH]c2c1CN(C(=O)COc1ccsc1Cl)CC2. The van der Waals surface area contributed by atoms with E-state index in [4.69, 9.17) is 16.3 Å². The highest BCUT2D eigenvalue weighted by molar-refractivity contribution is 7.14. The summed E-state index contributed by atoms with van der Waals surface area (Å²) >= 11 is 7.36. The molecule has 4 rings (SSSR count). The lowest BCUT2D eigenvalue weighted by Crippen LogP contribution is -2.42. The number of aromatic amines is 1. The van der Waals surface area contributed by atoms with Crippen LogP contribution in [0.25, 0.3) is 0 Å². The van der Waals surface area contributed by atoms with Crippen LogP contribution in [-0.2, 0) is 29.1 Å². The molecule has 156 valence electrons. The van der Waals surface area contributed by atoms with Gasteiger partial charge in [-0.05, 0) is 30.7 Å². The summed E-state index contributed by atoms with van der Waals surface area (Å²) in [7, 11) is 0. The van der Waals surface area contributed by atoms with Crippen LogP contribution in [0.3, 0.4) is 0 Å². The van der Waals surface area contributed by atoms with E-state index < -0.39 is 5.60 Å². The Morgan fingerprint density at radius 2 is 2.28 bits per heavy atom. The molecule has 1 saturated carbocycles. The third-order valence-corrected chi connectivity index (χ3v) is 6.67. The zero-order valence-corrected chi connectivity index (χ0v) is 17.4. The van der Waals surface area contributed by atoms with Gasteiger partial charge in [0.2, 0.25) is 5.91 Å². The van der Waals surface area contributed by atoms with Gasteiger partial charge in [0.15, 0.2) is 6.61 Å². The third kappa shape index (κ3) is 4.57. The number of thiophene rings is 1. The average molecular weight is 439 g/mol. The maximum atomic E-state index is 12.5. The molecule has 0 spiro atoms. The Bertz CT molecular complexity index is 908. The van der Waals surface area contributed by atoms with Crippen LogP contribution in [0, 0.1) is 0 Å². The molecule has 0 bridgehead atoms. The Hall–Kier alpha value is -2.10. The van der Waals surface area contributed by atoms with Gasteiger partial charge in [-0.15, -0.1) is 11.3 Å². The van der Waals surface area contributed by atoms with Gasteiger partial charge in [0.05, 0.1) is 24.3 Å². The number of hydrogen-bond acceptors (Lipinski definition) is 6. The van der Waals surface area contributed by atoms with Crippen molar-refractivity contribution in [2.24, 2.45) is 0 Å². The van der Waals surface area contributed by atoms with Crippen LogP contribution in [0.2, 0.25) is 4.34 Å². The summed E-state index contributed by atoms with van der Waals surface area (Å²) < 4.78 is 6.04. The standard InChI is InChI=1S/C19H23ClN4O4S/c20-18-15(3-7-29-18)28-11-17(26)24-6-2-13-12(10-24)14(23-22-13)9-21-16(25)8-19(27)4-1-5-19/h3,7,27H,1-2,4-6,8-11H2,(H,21,25)(H,22,23). The monoisotopic (exact) mass is 438 g/mol. The molecular weight excluding hydrogens is 416 g/mol. The number of rotatable bonds is 7. The van der Waals surface area contributed by atoms with E-state index in [1.54, 1.807) is 11.0 Å². The van der Waals surface area contributed by atoms with Crippen LogP contribution < -0.4 is 10.1 Å². The smallest absolute Gasteiger partial charge is 0.260 e. The molecule has 0 radical (unpaired) electrons. The highest BCUT2D eigenvalue weighted by atomic mass is 35.5. The fourth-order valence-corrected chi connectivity index (χ4v) is 4.46. The Labute approximate surface area is 177 Å². The van der Waals surface area contributed by atoms with Gasteiger partial charge in [-0.1, -0.05) is 11.6 Å². The topological polar surface area (TPSA) is 108 Å². The first-order valence-electron chi connectivity index (χ1n) is 9.61. The van der Waals surface area contributed by atoms with E-state index in [-0.39, 0.29) is 31.4 Å². The Morgan fingerprint density at radius 3 is 2.97 bits per heavy atom. The van der Waals surface area contributed by atoms with Crippen molar-refractivity contribution in [1.29, 1.82) is 0 Å². The molecule has 2 aromatic rings. The van der Waals surface area contributed by atoms with Crippen LogP contribution in [0.15, 0.2) is 11.4 Å². The van der Waals surface area contributed by atoms with Crippen molar-refractivity contribution >= 4 is 34.8 Å². The summed E-state index contributed by atoms with van der Waals surface area (Å²) in [5.41, 5.74) is 1.79. The van der Waals surface area contributed by atoms with Crippen LogP contribution >= 0.6 is 22.9 Å². The fraction of sp³-hybridized carbons (Fsp3) is 0.526. The van der Waals surface area contributed by atoms with E-state index in [0.717, 1.165) is 17.7 Å². The first-order chi connectivity index (χ1) is 13.9. The van der Waals surface area contributed by atoms with Crippen LogP contribution in [0.4, 0.5) is 0 Å². The van der Waals surface area contributed by atoms with Gasteiger partial charge in [-0.25, -0.2) is 0 Å². The second-order valence-electron chi connectivity index (χ2n) is 7.57. The van der Waals surface area contributed by atoms with Gasteiger partial charge < -0.3 is 20.1 Å². The van der Waals surface area contributed by atoms with Gasteiger partial charge in [0.1, 0.15) is 10.1 Å². The molecule has 1 aliphatic heterocycles. The van der Waals surface area contributed by atoms with Gasteiger partial charge in [-0.3, -0.25) is 14.7 Å². The largest absolute Gasteiger partial charge is 0.481 e. The van der Waals surface area contributed by atoms with E-state index >= 15 is 0 Å². The van der Waals surface area contributed by atoms with Crippen molar-refractivity contribution in [3.63, 3.8) is 0 Å². The van der Waals surface area contributed by atoms with E-state index in [9.17, 15) is 14.7 Å². The first kappa shape index (κ1) is 20.2. The van der Waals surface area contributed by atoms with Gasteiger partial charge in [0, 0.05) is 30.8 Å². The number of aromatic nitrogens is 2. The normalized spacial score (nSPS) is 17.4. The van der Waals surface area contributed by atoms with E-state index in [1.807, 2.05) is 5.38 Å². The lowest BCUT2D eigenvalue weighted by atomic mass is 9.78. The second kappa shape index (κ2) is 8.33. The molecule has 1 fully saturated rings. The third-order valence-electron chi connectivity index (χ3n) is 5.53. The van der Waals surface area contributed by atoms with Crippen molar-refractivity contribution in [2.45, 2.75) is 50.8 Å². The predicted octanol–water partition coefficient (Wildman–Crippen LogP) is 2.01. The molecule has 0 unspecified atom stereocenters. The van der Waals surface area contributed by atoms with E-state index in [2.05, 4.69) is 15.5 Å². The summed E-state index contributed by atoms with van der Waals surface area (Å²) in [5.74, 6) is 0.206. The minimum Gasteiger partial charge on any atom is -0.481 e. The zero-order valence-electron chi connectivity index (χ0n) is 15.9. The number of nitrogens with zero attached hydrogens (tertiary/aromatic N) is 2. The number of carbonyl (C=O) groups excluding carboxylic acids is 2. The van der Waals surface area contributed by atoms with Crippen molar-refractivity contribution in [1.82, 2.24) is 20.4 Å². The highest BCUT2D eigenvalue weighted by Crippen LogP contribution is 2.34. The molecule has 2 aliphatic rings. The summed E-state index contributed by atoms with van der Waals surface area (Å²) in [5, 5.41) is 22.1. The number of amides is 2. The van der Waals surface area contributed by atoms with Crippen molar-refractivity contribution in [3.05, 3.63) is 32.7 Å². The number of carbonyl (C=O) groups is 2. The van der Waals surface area contributed by atoms with Crippen molar-refractivity contribution < 1.29 is 19.4 Å². The zero-order chi connectivity index (χ0) is 20.4. The molecule has 0 atom stereocenters. The van der Waals surface area contributed by atoms with Gasteiger partial charge >= 0.3 is 0 Å². The molecular formula is C19H23ClN4O4S. The Kier molecular flexibility index (Phi) is 5.80. The lowest BCUT2D eigenvalue weighted by molar-refractivity contribution is -0.134. The maximum absolute atomic E-state index is 12.5. The molecule has 10 heteroatoms. The average Bonchev–Trinajstić information content (AvgIpc) is 3.28. The molecule has 2 amide bonds. The Balaban J connectivity index is 1.31. The predicted molar refractivity (Wildman–Crippen MR) is 108 cm³/mol. The lowest BCUT2D eigenvalue weighted by Gasteiger charge is -2.35. The summed E-state index contributed by atoms with van der Waals surface area (Å²) in [6.07, 6.45) is 3.10. The van der Waals surface area contributed by atoms with Crippen molar-refractivity contribution in [2.75, 3.05) is 13.2 Å². The second-order valence-corrected chi connectivity index (χ2v) is 9.09.